The molecule has 0 atom stereocenters. The Morgan fingerprint density at radius 2 is 1.54 bits per heavy atom. The Morgan fingerprint density at radius 1 is 1.08 bits per heavy atom. The fraction of sp³-hybridized carbons (Fsp3) is 0.909. The largest absolute Gasteiger partial charge is 0.399 e. The second kappa shape index (κ2) is 4.12. The van der Waals surface area contributed by atoms with E-state index in [2.05, 4.69) is 46.7 Å². The molecule has 0 rings (SSSR count). The van der Waals surface area contributed by atoms with Crippen LogP contribution in [-0.2, 0) is 4.84 Å². The Labute approximate surface area is 82.4 Å². The lowest BCUT2D eigenvalue weighted by Gasteiger charge is -2.26. The van der Waals surface area contributed by atoms with Crippen LogP contribution in [0.2, 0.25) is 0 Å². The minimum Gasteiger partial charge on any atom is -0.399 e. The fourth-order valence-electron chi connectivity index (χ4n) is 1.05. The molecule has 2 nitrogen and oxygen atoms in total. The van der Waals surface area contributed by atoms with E-state index in [0.717, 1.165) is 12.1 Å². The first-order valence-corrected chi connectivity index (χ1v) is 4.77. The first-order chi connectivity index (χ1) is 5.67. The Balaban J connectivity index is 4.57. The van der Waals surface area contributed by atoms with Gasteiger partial charge in [-0.2, -0.15) is 0 Å². The van der Waals surface area contributed by atoms with Crippen molar-refractivity contribution in [2.75, 3.05) is 7.11 Å². The highest BCUT2D eigenvalue weighted by atomic mass is 16.6. The monoisotopic (exact) mass is 185 g/mol. The molecule has 0 aromatic rings. The van der Waals surface area contributed by atoms with E-state index in [1.165, 1.54) is 0 Å². The lowest BCUT2D eigenvalue weighted by atomic mass is 9.79. The van der Waals surface area contributed by atoms with Gasteiger partial charge in [0.25, 0.3) is 0 Å². The normalized spacial score (nSPS) is 14.5. The van der Waals surface area contributed by atoms with Crippen molar-refractivity contribution in [1.82, 2.24) is 0 Å². The van der Waals surface area contributed by atoms with Crippen molar-refractivity contribution in [3.05, 3.63) is 0 Å². The molecule has 0 aliphatic rings. The van der Waals surface area contributed by atoms with Gasteiger partial charge >= 0.3 is 0 Å². The highest BCUT2D eigenvalue weighted by Gasteiger charge is 2.24. The van der Waals surface area contributed by atoms with Crippen LogP contribution in [0.4, 0.5) is 0 Å². The maximum absolute atomic E-state index is 4.86. The lowest BCUT2D eigenvalue weighted by molar-refractivity contribution is 0.205. The van der Waals surface area contributed by atoms with Gasteiger partial charge in [0.05, 0.1) is 5.71 Å². The van der Waals surface area contributed by atoms with Crippen molar-refractivity contribution >= 4 is 5.71 Å². The zero-order valence-corrected chi connectivity index (χ0v) is 10.1. The van der Waals surface area contributed by atoms with E-state index in [4.69, 9.17) is 4.84 Å². The standard InChI is InChI=1S/C11H23NO/c1-10(2,3)8-9(12-13-7)11(4,5)6/h8H2,1-7H3/b12-9-. The Hall–Kier alpha value is -0.530. The fourth-order valence-corrected chi connectivity index (χ4v) is 1.05. The molecule has 13 heavy (non-hydrogen) atoms. The molecule has 0 heterocycles. The van der Waals surface area contributed by atoms with Crippen LogP contribution >= 0.6 is 0 Å². The zero-order chi connectivity index (χ0) is 10.7. The van der Waals surface area contributed by atoms with Crippen molar-refractivity contribution in [3.63, 3.8) is 0 Å². The van der Waals surface area contributed by atoms with Gasteiger partial charge in [-0.05, 0) is 11.8 Å². The number of oxime groups is 1. The van der Waals surface area contributed by atoms with Crippen molar-refractivity contribution in [2.24, 2.45) is 16.0 Å². The molecular formula is C11H23NO. The molecule has 0 saturated carbocycles. The van der Waals surface area contributed by atoms with Crippen molar-refractivity contribution in [1.29, 1.82) is 0 Å². The molecule has 0 aromatic carbocycles. The predicted molar refractivity (Wildman–Crippen MR) is 58.0 cm³/mol. The quantitative estimate of drug-likeness (QED) is 0.477. The molecule has 0 spiro atoms. The molecule has 2 heteroatoms. The van der Waals surface area contributed by atoms with E-state index in [-0.39, 0.29) is 10.8 Å². The number of hydrogen-bond acceptors (Lipinski definition) is 2. The number of nitrogens with zero attached hydrogens (tertiary/aromatic N) is 1. The van der Waals surface area contributed by atoms with Gasteiger partial charge in [0.2, 0.25) is 0 Å². The van der Waals surface area contributed by atoms with Gasteiger partial charge in [0.1, 0.15) is 7.11 Å². The summed E-state index contributed by atoms with van der Waals surface area (Å²) in [5.41, 5.74) is 1.50. The molecule has 0 aliphatic heterocycles. The summed E-state index contributed by atoms with van der Waals surface area (Å²) in [6.07, 6.45) is 0.977. The van der Waals surface area contributed by atoms with E-state index >= 15 is 0 Å². The van der Waals surface area contributed by atoms with Crippen LogP contribution in [0.15, 0.2) is 5.16 Å². The molecule has 0 amide bonds. The van der Waals surface area contributed by atoms with Gasteiger partial charge in [-0.1, -0.05) is 46.7 Å². The third-order valence-corrected chi connectivity index (χ3v) is 1.76. The van der Waals surface area contributed by atoms with Crippen molar-refractivity contribution in [2.45, 2.75) is 48.0 Å². The summed E-state index contributed by atoms with van der Waals surface area (Å²) < 4.78 is 0. The molecule has 0 aliphatic carbocycles. The van der Waals surface area contributed by atoms with E-state index in [1.807, 2.05) is 0 Å². The molecule has 78 valence electrons. The second-order valence-corrected chi connectivity index (χ2v) is 5.71. The molecular weight excluding hydrogens is 162 g/mol. The molecule has 0 radical (unpaired) electrons. The van der Waals surface area contributed by atoms with Crippen LogP contribution in [0.1, 0.15) is 48.0 Å². The summed E-state index contributed by atoms with van der Waals surface area (Å²) in [5, 5.41) is 4.10. The summed E-state index contributed by atoms with van der Waals surface area (Å²) in [7, 11) is 1.61. The average molecular weight is 185 g/mol. The molecule has 0 saturated heterocycles. The minimum absolute atomic E-state index is 0.100. The summed E-state index contributed by atoms with van der Waals surface area (Å²) in [6.45, 7) is 13.1. The summed E-state index contributed by atoms with van der Waals surface area (Å²) >= 11 is 0. The maximum Gasteiger partial charge on any atom is 0.106 e. The van der Waals surface area contributed by atoms with E-state index in [9.17, 15) is 0 Å². The second-order valence-electron chi connectivity index (χ2n) is 5.71. The Morgan fingerprint density at radius 3 is 1.77 bits per heavy atom. The van der Waals surface area contributed by atoms with Gasteiger partial charge < -0.3 is 4.84 Å². The van der Waals surface area contributed by atoms with Crippen molar-refractivity contribution in [3.8, 4) is 0 Å². The molecule has 0 fully saturated rings. The molecule has 0 aromatic heterocycles. The van der Waals surface area contributed by atoms with E-state index in [0.29, 0.717) is 0 Å². The summed E-state index contributed by atoms with van der Waals surface area (Å²) in [4.78, 5) is 4.86. The van der Waals surface area contributed by atoms with E-state index in [1.54, 1.807) is 7.11 Å². The lowest BCUT2D eigenvalue weighted by Crippen LogP contribution is -2.25. The van der Waals surface area contributed by atoms with Gasteiger partial charge in [0, 0.05) is 5.41 Å². The third-order valence-electron chi connectivity index (χ3n) is 1.76. The summed E-state index contributed by atoms with van der Waals surface area (Å²) in [6, 6.07) is 0. The van der Waals surface area contributed by atoms with E-state index < -0.39 is 0 Å². The first kappa shape index (κ1) is 12.5. The van der Waals surface area contributed by atoms with Crippen LogP contribution in [0.25, 0.3) is 0 Å². The minimum atomic E-state index is 0.100. The van der Waals surface area contributed by atoms with Crippen LogP contribution in [0, 0.1) is 10.8 Å². The van der Waals surface area contributed by atoms with Gasteiger partial charge in [0.15, 0.2) is 0 Å². The Bertz CT molecular complexity index is 181. The topological polar surface area (TPSA) is 21.6 Å². The summed E-state index contributed by atoms with van der Waals surface area (Å²) in [5.74, 6) is 0. The number of rotatable bonds is 2. The highest BCUT2D eigenvalue weighted by Crippen LogP contribution is 2.27. The Kier molecular flexibility index (Phi) is 3.95. The van der Waals surface area contributed by atoms with Gasteiger partial charge in [-0.15, -0.1) is 0 Å². The molecule has 0 bridgehead atoms. The highest BCUT2D eigenvalue weighted by molar-refractivity contribution is 5.89. The van der Waals surface area contributed by atoms with Gasteiger partial charge in [-0.25, -0.2) is 0 Å². The smallest absolute Gasteiger partial charge is 0.106 e. The van der Waals surface area contributed by atoms with Crippen LogP contribution < -0.4 is 0 Å². The predicted octanol–water partition coefficient (Wildman–Crippen LogP) is 3.47. The third kappa shape index (κ3) is 5.67. The zero-order valence-electron chi connectivity index (χ0n) is 10.1. The van der Waals surface area contributed by atoms with Gasteiger partial charge in [-0.3, -0.25) is 0 Å². The number of hydrogen-bond donors (Lipinski definition) is 0. The average Bonchev–Trinajstić information content (AvgIpc) is 1.81. The van der Waals surface area contributed by atoms with Crippen LogP contribution in [-0.4, -0.2) is 12.8 Å². The van der Waals surface area contributed by atoms with Crippen LogP contribution in [0.3, 0.4) is 0 Å². The van der Waals surface area contributed by atoms with Crippen LogP contribution in [0.5, 0.6) is 0 Å². The molecule has 0 unspecified atom stereocenters. The van der Waals surface area contributed by atoms with Crippen molar-refractivity contribution < 1.29 is 4.84 Å². The maximum atomic E-state index is 4.86. The first-order valence-electron chi connectivity index (χ1n) is 4.77. The SMILES string of the molecule is CO/N=C(/CC(C)(C)C)C(C)(C)C. The molecule has 0 N–H and O–H groups in total.